The number of nitrogens with one attached hydrogen (secondary N) is 1. The molecule has 2 aliphatic rings. The zero-order valence-electron chi connectivity index (χ0n) is 18.0. The molecule has 160 valence electrons. The molecule has 2 fully saturated rings. The minimum absolute atomic E-state index is 0.0748. The second kappa shape index (κ2) is 9.28. The minimum atomic E-state index is -0.0748. The summed E-state index contributed by atoms with van der Waals surface area (Å²) in [6, 6.07) is 0.468. The first-order valence-electron chi connectivity index (χ1n) is 11.5. The van der Waals surface area contributed by atoms with Gasteiger partial charge in [-0.25, -0.2) is 4.98 Å². The number of aromatic amines is 1. The number of hydrogen-bond acceptors (Lipinski definition) is 5. The molecule has 0 unspecified atom stereocenters. The van der Waals surface area contributed by atoms with Gasteiger partial charge in [-0.05, 0) is 44.4 Å². The third-order valence-electron chi connectivity index (χ3n) is 6.64. The Bertz CT molecular complexity index is 862. The van der Waals surface area contributed by atoms with Crippen molar-refractivity contribution in [1.29, 1.82) is 0 Å². The van der Waals surface area contributed by atoms with Crippen LogP contribution in [-0.4, -0.2) is 45.5 Å². The third-order valence-corrected chi connectivity index (χ3v) is 6.64. The molecule has 1 saturated heterocycles. The van der Waals surface area contributed by atoms with Crippen molar-refractivity contribution < 1.29 is 4.74 Å². The van der Waals surface area contributed by atoms with Gasteiger partial charge >= 0.3 is 0 Å². The Morgan fingerprint density at radius 2 is 1.93 bits per heavy atom. The Balaban J connectivity index is 1.65. The fourth-order valence-electron chi connectivity index (χ4n) is 4.99. The number of rotatable bonds is 7. The summed E-state index contributed by atoms with van der Waals surface area (Å²) in [6.45, 7) is 4.85. The summed E-state index contributed by atoms with van der Waals surface area (Å²) in [5.41, 5.74) is 2.23. The van der Waals surface area contributed by atoms with E-state index in [0.29, 0.717) is 17.5 Å². The summed E-state index contributed by atoms with van der Waals surface area (Å²) in [5, 5.41) is 4.57. The van der Waals surface area contributed by atoms with E-state index in [2.05, 4.69) is 21.9 Å². The van der Waals surface area contributed by atoms with Crippen molar-refractivity contribution in [1.82, 2.24) is 19.7 Å². The highest BCUT2D eigenvalue weighted by atomic mass is 16.5. The predicted octanol–water partition coefficient (Wildman–Crippen LogP) is 3.56. The van der Waals surface area contributed by atoms with Crippen LogP contribution in [0.25, 0.3) is 11.0 Å². The van der Waals surface area contributed by atoms with Crippen LogP contribution in [0.15, 0.2) is 4.79 Å². The van der Waals surface area contributed by atoms with Gasteiger partial charge in [-0.1, -0.05) is 32.6 Å². The fraction of sp³-hybridized carbons (Fsp3) is 0.773. The third kappa shape index (κ3) is 4.49. The monoisotopic (exact) mass is 401 g/mol. The molecule has 0 atom stereocenters. The zero-order chi connectivity index (χ0) is 20.2. The van der Waals surface area contributed by atoms with E-state index in [0.717, 1.165) is 69.0 Å². The van der Waals surface area contributed by atoms with Crippen LogP contribution in [0.5, 0.6) is 0 Å². The summed E-state index contributed by atoms with van der Waals surface area (Å²) in [4.78, 5) is 23.4. The van der Waals surface area contributed by atoms with E-state index in [9.17, 15) is 4.79 Å². The molecule has 0 spiro atoms. The second-order valence-electron chi connectivity index (χ2n) is 8.74. The van der Waals surface area contributed by atoms with Crippen molar-refractivity contribution in [3.05, 3.63) is 16.0 Å². The van der Waals surface area contributed by atoms with Crippen LogP contribution < -0.4 is 10.5 Å². The van der Waals surface area contributed by atoms with Gasteiger partial charge in [0.15, 0.2) is 5.52 Å². The summed E-state index contributed by atoms with van der Waals surface area (Å²) in [7, 11) is 1.84. The number of hydrogen-bond donors (Lipinski definition) is 1. The maximum atomic E-state index is 12.9. The van der Waals surface area contributed by atoms with E-state index < -0.39 is 0 Å². The van der Waals surface area contributed by atoms with Crippen LogP contribution >= 0.6 is 0 Å². The fourth-order valence-corrected chi connectivity index (χ4v) is 4.99. The molecular weight excluding hydrogens is 366 g/mol. The molecule has 1 aliphatic heterocycles. The van der Waals surface area contributed by atoms with Crippen molar-refractivity contribution >= 4 is 17.0 Å². The van der Waals surface area contributed by atoms with Gasteiger partial charge in [-0.3, -0.25) is 14.5 Å². The molecule has 1 saturated carbocycles. The molecule has 0 aromatic carbocycles. The van der Waals surface area contributed by atoms with E-state index in [4.69, 9.17) is 9.72 Å². The SMILES string of the molecule is CCCc1nn(C)c2c(=O)[nH]c(N(CCC3CCOCC3)C3CCCCC3)nc12. The Morgan fingerprint density at radius 3 is 2.66 bits per heavy atom. The smallest absolute Gasteiger partial charge is 0.278 e. The van der Waals surface area contributed by atoms with E-state index in [1.54, 1.807) is 4.68 Å². The molecule has 7 nitrogen and oxygen atoms in total. The number of anilines is 1. The lowest BCUT2D eigenvalue weighted by Gasteiger charge is -2.36. The number of ether oxygens (including phenoxy) is 1. The van der Waals surface area contributed by atoms with Crippen molar-refractivity contribution in [2.24, 2.45) is 13.0 Å². The molecule has 0 bridgehead atoms. The summed E-state index contributed by atoms with van der Waals surface area (Å²) < 4.78 is 7.21. The van der Waals surface area contributed by atoms with E-state index in [-0.39, 0.29) is 5.56 Å². The van der Waals surface area contributed by atoms with Gasteiger partial charge in [0.1, 0.15) is 5.52 Å². The zero-order valence-corrected chi connectivity index (χ0v) is 18.0. The van der Waals surface area contributed by atoms with Crippen molar-refractivity contribution in [2.45, 2.75) is 77.2 Å². The first-order chi connectivity index (χ1) is 14.2. The summed E-state index contributed by atoms with van der Waals surface area (Å²) in [6.07, 6.45) is 11.5. The topological polar surface area (TPSA) is 76.0 Å². The van der Waals surface area contributed by atoms with Gasteiger partial charge in [0, 0.05) is 32.8 Å². The number of H-pyrrole nitrogens is 1. The van der Waals surface area contributed by atoms with Crippen LogP contribution in [0.1, 0.15) is 70.4 Å². The Kier molecular flexibility index (Phi) is 6.53. The highest BCUT2D eigenvalue weighted by molar-refractivity contribution is 5.77. The number of fused-ring (bicyclic) bond motifs is 1. The van der Waals surface area contributed by atoms with Gasteiger partial charge in [-0.2, -0.15) is 5.10 Å². The molecule has 1 N–H and O–H groups in total. The van der Waals surface area contributed by atoms with Crippen LogP contribution in [0.2, 0.25) is 0 Å². The van der Waals surface area contributed by atoms with Crippen molar-refractivity contribution in [3.8, 4) is 0 Å². The largest absolute Gasteiger partial charge is 0.381 e. The minimum Gasteiger partial charge on any atom is -0.381 e. The number of nitrogens with zero attached hydrogens (tertiary/aromatic N) is 4. The van der Waals surface area contributed by atoms with E-state index in [1.165, 1.54) is 32.1 Å². The quantitative estimate of drug-likeness (QED) is 0.768. The van der Waals surface area contributed by atoms with Gasteiger partial charge in [0.2, 0.25) is 5.95 Å². The molecule has 7 heteroatoms. The number of aromatic nitrogens is 4. The standard InChI is InChI=1S/C22H35N5O2/c1-3-7-18-19-20(26(2)25-18)21(28)24-22(23-19)27(17-8-5-4-6-9-17)13-10-16-11-14-29-15-12-16/h16-17H,3-15H2,1-2H3,(H,23,24,28). The Hall–Kier alpha value is -1.89. The van der Waals surface area contributed by atoms with E-state index in [1.807, 2.05) is 7.05 Å². The molecule has 4 rings (SSSR count). The molecule has 2 aromatic rings. The maximum Gasteiger partial charge on any atom is 0.278 e. The van der Waals surface area contributed by atoms with Crippen LogP contribution in [0.4, 0.5) is 5.95 Å². The van der Waals surface area contributed by atoms with E-state index >= 15 is 0 Å². The van der Waals surface area contributed by atoms with Gasteiger partial charge in [-0.15, -0.1) is 0 Å². The average Bonchev–Trinajstić information content (AvgIpc) is 3.06. The Morgan fingerprint density at radius 1 is 1.17 bits per heavy atom. The normalized spacial score (nSPS) is 19.1. The number of aryl methyl sites for hydroxylation is 2. The van der Waals surface area contributed by atoms with Crippen molar-refractivity contribution in [3.63, 3.8) is 0 Å². The molecule has 3 heterocycles. The molecule has 1 aliphatic carbocycles. The predicted molar refractivity (Wildman–Crippen MR) is 116 cm³/mol. The lowest BCUT2D eigenvalue weighted by atomic mass is 9.92. The molecular formula is C22H35N5O2. The average molecular weight is 402 g/mol. The first-order valence-corrected chi connectivity index (χ1v) is 11.5. The first kappa shape index (κ1) is 20.4. The molecule has 2 aromatic heterocycles. The molecule has 0 amide bonds. The second-order valence-corrected chi connectivity index (χ2v) is 8.74. The summed E-state index contributed by atoms with van der Waals surface area (Å²) >= 11 is 0. The highest BCUT2D eigenvalue weighted by Gasteiger charge is 2.26. The van der Waals surface area contributed by atoms with Crippen LogP contribution in [0.3, 0.4) is 0 Å². The summed E-state index contributed by atoms with van der Waals surface area (Å²) in [5.74, 6) is 1.45. The molecule has 29 heavy (non-hydrogen) atoms. The lowest BCUT2D eigenvalue weighted by molar-refractivity contribution is 0.0642. The van der Waals surface area contributed by atoms with Gasteiger partial charge < -0.3 is 9.64 Å². The van der Waals surface area contributed by atoms with Crippen LogP contribution in [0, 0.1) is 5.92 Å². The maximum absolute atomic E-state index is 12.9. The highest BCUT2D eigenvalue weighted by Crippen LogP contribution is 2.28. The van der Waals surface area contributed by atoms with Gasteiger partial charge in [0.05, 0.1) is 5.69 Å². The Labute approximate surface area is 172 Å². The van der Waals surface area contributed by atoms with Crippen LogP contribution in [-0.2, 0) is 18.2 Å². The molecule has 0 radical (unpaired) electrons. The van der Waals surface area contributed by atoms with Crippen molar-refractivity contribution in [2.75, 3.05) is 24.7 Å². The van der Waals surface area contributed by atoms with Gasteiger partial charge in [0.25, 0.3) is 5.56 Å². The lowest BCUT2D eigenvalue weighted by Crippen LogP contribution is -2.40.